The number of benzene rings is 1. The second-order valence-corrected chi connectivity index (χ2v) is 5.95. The van der Waals surface area contributed by atoms with Crippen LogP contribution in [0.4, 0.5) is 5.69 Å². The van der Waals surface area contributed by atoms with E-state index in [2.05, 4.69) is 22.3 Å². The molecule has 0 aromatic heterocycles. The first-order valence-corrected chi connectivity index (χ1v) is 6.37. The van der Waals surface area contributed by atoms with Gasteiger partial charge >= 0.3 is 0 Å². The van der Waals surface area contributed by atoms with Gasteiger partial charge in [0.1, 0.15) is 6.04 Å². The highest BCUT2D eigenvalue weighted by atomic mass is 15.1. The molecule has 0 saturated heterocycles. The Kier molecular flexibility index (Phi) is 4.61. The number of terminal acetylenes is 1. The number of nitrogens with two attached hydrogens (primary N) is 1. The molecule has 3 nitrogen and oxygen atoms in total. The van der Waals surface area contributed by atoms with Crippen molar-refractivity contribution in [3.63, 3.8) is 0 Å². The van der Waals surface area contributed by atoms with Crippen molar-refractivity contribution >= 4 is 11.6 Å². The van der Waals surface area contributed by atoms with E-state index >= 15 is 0 Å². The summed E-state index contributed by atoms with van der Waals surface area (Å²) in [6.07, 6.45) is 5.51. The molecule has 1 atom stereocenters. The lowest BCUT2D eigenvalue weighted by Crippen LogP contribution is -2.30. The summed E-state index contributed by atoms with van der Waals surface area (Å²) >= 11 is 0. The Bertz CT molecular complexity index is 496. The zero-order valence-corrected chi connectivity index (χ0v) is 12.4. The first-order valence-electron chi connectivity index (χ1n) is 6.37. The quantitative estimate of drug-likeness (QED) is 0.486. The van der Waals surface area contributed by atoms with Crippen molar-refractivity contribution < 1.29 is 0 Å². The highest BCUT2D eigenvalue weighted by Crippen LogP contribution is 2.21. The van der Waals surface area contributed by atoms with Crippen molar-refractivity contribution in [3.8, 4) is 12.3 Å². The largest absolute Gasteiger partial charge is 0.370 e. The van der Waals surface area contributed by atoms with Gasteiger partial charge in [0.05, 0.1) is 0 Å². The molecule has 0 aliphatic rings. The normalized spacial score (nSPS) is 13.8. The Hall–Kier alpha value is -1.95. The smallest absolute Gasteiger partial charge is 0.194 e. The summed E-state index contributed by atoms with van der Waals surface area (Å²) in [4.78, 5) is 4.37. The van der Waals surface area contributed by atoms with Gasteiger partial charge in [0, 0.05) is 5.69 Å². The van der Waals surface area contributed by atoms with Gasteiger partial charge in [-0.25, -0.2) is 4.99 Å². The number of aliphatic imine (C=N–C) groups is 1. The fourth-order valence-corrected chi connectivity index (χ4v) is 1.85. The number of nitrogens with one attached hydrogen (secondary N) is 1. The molecule has 1 unspecified atom stereocenters. The number of rotatable bonds is 2. The zero-order chi connectivity index (χ0) is 14.6. The lowest BCUT2D eigenvalue weighted by molar-refractivity contribution is 0.376. The summed E-state index contributed by atoms with van der Waals surface area (Å²) < 4.78 is 0. The minimum Gasteiger partial charge on any atom is -0.370 e. The van der Waals surface area contributed by atoms with Crippen molar-refractivity contribution in [2.24, 2.45) is 16.1 Å². The summed E-state index contributed by atoms with van der Waals surface area (Å²) in [5.41, 5.74) is 9.11. The average Bonchev–Trinajstić information content (AvgIpc) is 2.22. The highest BCUT2D eigenvalue weighted by Gasteiger charge is 2.22. The van der Waals surface area contributed by atoms with E-state index in [0.717, 1.165) is 5.69 Å². The maximum atomic E-state index is 5.92. The highest BCUT2D eigenvalue weighted by molar-refractivity contribution is 5.92. The van der Waals surface area contributed by atoms with Crippen LogP contribution in [0.25, 0.3) is 0 Å². The zero-order valence-electron chi connectivity index (χ0n) is 12.4. The number of aryl methyl sites for hydroxylation is 2. The molecule has 0 aliphatic heterocycles. The summed E-state index contributed by atoms with van der Waals surface area (Å²) in [6.45, 7) is 10.2. The molecule has 0 spiro atoms. The third kappa shape index (κ3) is 4.67. The third-order valence-corrected chi connectivity index (χ3v) is 2.74. The first kappa shape index (κ1) is 15.1. The Balaban J connectivity index is 2.90. The van der Waals surface area contributed by atoms with Crippen molar-refractivity contribution in [1.82, 2.24) is 0 Å². The van der Waals surface area contributed by atoms with E-state index in [9.17, 15) is 0 Å². The molecular weight excluding hydrogens is 234 g/mol. The molecule has 1 aromatic carbocycles. The summed E-state index contributed by atoms with van der Waals surface area (Å²) in [5.74, 6) is 3.02. The molecule has 3 heteroatoms. The van der Waals surface area contributed by atoms with Gasteiger partial charge in [0.15, 0.2) is 5.96 Å². The minimum atomic E-state index is -0.245. The molecule has 3 N–H and O–H groups in total. The van der Waals surface area contributed by atoms with Gasteiger partial charge in [-0.15, -0.1) is 6.42 Å². The third-order valence-electron chi connectivity index (χ3n) is 2.74. The molecule has 0 heterocycles. The monoisotopic (exact) mass is 257 g/mol. The predicted octanol–water partition coefficient (Wildman–Crippen LogP) is 3.08. The van der Waals surface area contributed by atoms with Crippen LogP contribution in [0.3, 0.4) is 0 Å². The maximum Gasteiger partial charge on any atom is 0.194 e. The van der Waals surface area contributed by atoms with E-state index in [1.165, 1.54) is 11.1 Å². The van der Waals surface area contributed by atoms with Gasteiger partial charge in [-0.1, -0.05) is 32.8 Å². The molecule has 0 fully saturated rings. The predicted molar refractivity (Wildman–Crippen MR) is 83.2 cm³/mol. The van der Waals surface area contributed by atoms with Crippen LogP contribution in [0.5, 0.6) is 0 Å². The lowest BCUT2D eigenvalue weighted by Gasteiger charge is -2.23. The molecule has 102 valence electrons. The van der Waals surface area contributed by atoms with E-state index < -0.39 is 0 Å². The average molecular weight is 257 g/mol. The van der Waals surface area contributed by atoms with E-state index in [1.807, 2.05) is 46.8 Å². The van der Waals surface area contributed by atoms with Crippen LogP contribution in [0.2, 0.25) is 0 Å². The molecule has 0 aliphatic carbocycles. The minimum absolute atomic E-state index is 0.108. The number of hydrogen-bond acceptors (Lipinski definition) is 1. The second kappa shape index (κ2) is 5.79. The van der Waals surface area contributed by atoms with Crippen LogP contribution < -0.4 is 11.1 Å². The topological polar surface area (TPSA) is 50.4 Å². The Labute approximate surface area is 116 Å². The maximum absolute atomic E-state index is 5.92. The van der Waals surface area contributed by atoms with Gasteiger partial charge in [-0.05, 0) is 42.5 Å². The SMILES string of the molecule is C#CC(N=C(N)Nc1cc(C)cc(C)c1)C(C)(C)C. The number of nitrogens with zero attached hydrogens (tertiary/aromatic N) is 1. The molecular formula is C16H23N3. The fourth-order valence-electron chi connectivity index (χ4n) is 1.85. The molecule has 19 heavy (non-hydrogen) atoms. The van der Waals surface area contributed by atoms with Crippen LogP contribution in [0, 0.1) is 31.6 Å². The van der Waals surface area contributed by atoms with E-state index in [-0.39, 0.29) is 11.5 Å². The second-order valence-electron chi connectivity index (χ2n) is 5.95. The number of hydrogen-bond donors (Lipinski definition) is 2. The van der Waals surface area contributed by atoms with Crippen LogP contribution in [0.1, 0.15) is 31.9 Å². The lowest BCUT2D eigenvalue weighted by atomic mass is 9.88. The Morgan fingerprint density at radius 2 is 1.79 bits per heavy atom. The standard InChI is InChI=1S/C16H23N3/c1-7-14(16(4,5)6)19-15(17)18-13-9-11(2)8-12(3)10-13/h1,8-10,14H,2-6H3,(H3,17,18,19). The van der Waals surface area contributed by atoms with Gasteiger partial charge in [0.2, 0.25) is 0 Å². The molecule has 0 amide bonds. The van der Waals surface area contributed by atoms with Crippen molar-refractivity contribution in [2.75, 3.05) is 5.32 Å². The molecule has 1 aromatic rings. The first-order chi connectivity index (χ1) is 8.72. The van der Waals surface area contributed by atoms with Gasteiger partial charge in [0.25, 0.3) is 0 Å². The summed E-state index contributed by atoms with van der Waals surface area (Å²) in [7, 11) is 0. The van der Waals surface area contributed by atoms with Crippen LogP contribution in [0.15, 0.2) is 23.2 Å². The Morgan fingerprint density at radius 1 is 1.26 bits per heavy atom. The van der Waals surface area contributed by atoms with Crippen LogP contribution in [-0.2, 0) is 0 Å². The van der Waals surface area contributed by atoms with Crippen molar-refractivity contribution in [3.05, 3.63) is 29.3 Å². The number of anilines is 1. The van der Waals surface area contributed by atoms with E-state index in [1.54, 1.807) is 0 Å². The van der Waals surface area contributed by atoms with Crippen molar-refractivity contribution in [1.29, 1.82) is 0 Å². The molecule has 0 saturated carbocycles. The molecule has 1 rings (SSSR count). The van der Waals surface area contributed by atoms with Gasteiger partial charge < -0.3 is 11.1 Å². The molecule has 0 bridgehead atoms. The van der Waals surface area contributed by atoms with Crippen molar-refractivity contribution in [2.45, 2.75) is 40.7 Å². The fraction of sp³-hybridized carbons (Fsp3) is 0.438. The molecule has 0 radical (unpaired) electrons. The van der Waals surface area contributed by atoms with E-state index in [4.69, 9.17) is 12.2 Å². The van der Waals surface area contributed by atoms with Crippen LogP contribution >= 0.6 is 0 Å². The number of guanidine groups is 1. The van der Waals surface area contributed by atoms with Gasteiger partial charge in [-0.2, -0.15) is 0 Å². The van der Waals surface area contributed by atoms with Gasteiger partial charge in [-0.3, -0.25) is 0 Å². The summed E-state index contributed by atoms with van der Waals surface area (Å²) in [6, 6.07) is 5.91. The summed E-state index contributed by atoms with van der Waals surface area (Å²) in [5, 5.41) is 3.09. The van der Waals surface area contributed by atoms with Crippen LogP contribution in [-0.4, -0.2) is 12.0 Å². The van der Waals surface area contributed by atoms with E-state index in [0.29, 0.717) is 5.96 Å². The Morgan fingerprint density at radius 3 is 2.21 bits per heavy atom.